The molecule has 0 aliphatic carbocycles. The van der Waals surface area contributed by atoms with Gasteiger partial charge in [0.25, 0.3) is 11.7 Å². The number of Topliss-reactive ketones (excluding diaryl/α,β-unsaturated/α-hetero) is 1. The van der Waals surface area contributed by atoms with E-state index in [0.29, 0.717) is 12.2 Å². The van der Waals surface area contributed by atoms with Crippen molar-refractivity contribution in [3.63, 3.8) is 0 Å². The summed E-state index contributed by atoms with van der Waals surface area (Å²) in [4.78, 5) is 35.8. The van der Waals surface area contributed by atoms with E-state index in [1.54, 1.807) is 0 Å². The molecule has 18 heavy (non-hydrogen) atoms. The predicted octanol–water partition coefficient (Wildman–Crippen LogP) is 1.57. The number of carbonyl (C=O) groups is 3. The first kappa shape index (κ1) is 12.3. The van der Waals surface area contributed by atoms with E-state index < -0.39 is 17.7 Å². The monoisotopic (exact) mass is 247 g/mol. The van der Waals surface area contributed by atoms with Gasteiger partial charge in [-0.15, -0.1) is 0 Å². The molecule has 0 unspecified atom stereocenters. The Morgan fingerprint density at radius 1 is 1.33 bits per heavy atom. The lowest BCUT2D eigenvalue weighted by molar-refractivity contribution is -0.114. The van der Waals surface area contributed by atoms with Gasteiger partial charge in [-0.2, -0.15) is 0 Å². The van der Waals surface area contributed by atoms with Crippen LogP contribution in [0.3, 0.4) is 0 Å². The number of carboxylic acid groups (broad SMARTS) is 1. The van der Waals surface area contributed by atoms with Crippen LogP contribution in [0.25, 0.3) is 0 Å². The van der Waals surface area contributed by atoms with Gasteiger partial charge < -0.3 is 10.0 Å². The van der Waals surface area contributed by atoms with E-state index >= 15 is 0 Å². The fourth-order valence-electron chi connectivity index (χ4n) is 1.98. The first-order valence-corrected chi connectivity index (χ1v) is 5.65. The fourth-order valence-corrected chi connectivity index (χ4v) is 1.98. The van der Waals surface area contributed by atoms with E-state index in [0.717, 1.165) is 0 Å². The van der Waals surface area contributed by atoms with Crippen LogP contribution in [0.1, 0.15) is 34.6 Å². The van der Waals surface area contributed by atoms with Crippen molar-refractivity contribution >= 4 is 23.3 Å². The maximum atomic E-state index is 11.8. The standard InChI is InChI=1S/C13H13NO4/c1-7(2)6-14-10-4-3-8(13(17)18)5-9(10)11(15)12(14)16/h3-5,7H,6H2,1-2H3,(H,17,18). The van der Waals surface area contributed by atoms with Gasteiger partial charge in [-0.3, -0.25) is 9.59 Å². The molecule has 0 radical (unpaired) electrons. The first-order chi connectivity index (χ1) is 8.41. The smallest absolute Gasteiger partial charge is 0.335 e. The number of nitrogens with zero attached hydrogens (tertiary/aromatic N) is 1. The van der Waals surface area contributed by atoms with Crippen molar-refractivity contribution in [3.05, 3.63) is 29.3 Å². The fraction of sp³-hybridized carbons (Fsp3) is 0.308. The highest BCUT2D eigenvalue weighted by atomic mass is 16.4. The second-order valence-electron chi connectivity index (χ2n) is 4.68. The van der Waals surface area contributed by atoms with Crippen LogP contribution >= 0.6 is 0 Å². The number of hydrogen-bond donors (Lipinski definition) is 1. The second kappa shape index (κ2) is 4.25. The van der Waals surface area contributed by atoms with Gasteiger partial charge in [0.1, 0.15) is 0 Å². The molecule has 0 atom stereocenters. The molecule has 1 N–H and O–H groups in total. The molecule has 1 amide bonds. The van der Waals surface area contributed by atoms with E-state index in [1.165, 1.54) is 23.1 Å². The number of benzene rings is 1. The van der Waals surface area contributed by atoms with E-state index in [4.69, 9.17) is 5.11 Å². The Bertz CT molecular complexity index is 548. The van der Waals surface area contributed by atoms with Crippen molar-refractivity contribution < 1.29 is 19.5 Å². The summed E-state index contributed by atoms with van der Waals surface area (Å²) >= 11 is 0. The number of ketones is 1. The summed E-state index contributed by atoms with van der Waals surface area (Å²) < 4.78 is 0. The third-order valence-corrected chi connectivity index (χ3v) is 2.77. The summed E-state index contributed by atoms with van der Waals surface area (Å²) in [6.07, 6.45) is 0. The van der Waals surface area contributed by atoms with Gasteiger partial charge >= 0.3 is 5.97 Å². The van der Waals surface area contributed by atoms with Crippen molar-refractivity contribution in [3.8, 4) is 0 Å². The lowest BCUT2D eigenvalue weighted by Crippen LogP contribution is -2.32. The maximum Gasteiger partial charge on any atom is 0.335 e. The van der Waals surface area contributed by atoms with E-state index in [2.05, 4.69) is 0 Å². The van der Waals surface area contributed by atoms with Crippen molar-refractivity contribution in [2.75, 3.05) is 11.4 Å². The number of carboxylic acids is 1. The minimum atomic E-state index is -1.11. The van der Waals surface area contributed by atoms with Crippen LogP contribution in [-0.2, 0) is 4.79 Å². The van der Waals surface area contributed by atoms with Crippen LogP contribution in [0.4, 0.5) is 5.69 Å². The molecule has 0 bridgehead atoms. The van der Waals surface area contributed by atoms with E-state index in [9.17, 15) is 14.4 Å². The summed E-state index contributed by atoms with van der Waals surface area (Å²) in [5, 5.41) is 8.87. The van der Waals surface area contributed by atoms with Crippen LogP contribution in [0, 0.1) is 5.92 Å². The van der Waals surface area contributed by atoms with Gasteiger partial charge in [0, 0.05) is 6.54 Å². The zero-order valence-electron chi connectivity index (χ0n) is 10.1. The topological polar surface area (TPSA) is 74.7 Å². The van der Waals surface area contributed by atoms with Crippen molar-refractivity contribution in [1.29, 1.82) is 0 Å². The number of carbonyl (C=O) groups excluding carboxylic acids is 2. The minimum absolute atomic E-state index is 0.0151. The van der Waals surface area contributed by atoms with Gasteiger partial charge in [0.05, 0.1) is 16.8 Å². The highest BCUT2D eigenvalue weighted by Gasteiger charge is 2.36. The summed E-state index contributed by atoms with van der Waals surface area (Å²) in [6.45, 7) is 4.34. The third-order valence-electron chi connectivity index (χ3n) is 2.77. The summed E-state index contributed by atoms with van der Waals surface area (Å²) in [6, 6.07) is 4.18. The molecule has 0 fully saturated rings. The highest BCUT2D eigenvalue weighted by Crippen LogP contribution is 2.30. The Kier molecular flexibility index (Phi) is 2.90. The number of aromatic carboxylic acids is 1. The lowest BCUT2D eigenvalue weighted by atomic mass is 10.1. The second-order valence-corrected chi connectivity index (χ2v) is 4.68. The molecule has 0 aromatic heterocycles. The van der Waals surface area contributed by atoms with Crippen LogP contribution in [-0.4, -0.2) is 29.3 Å². The zero-order valence-corrected chi connectivity index (χ0v) is 10.1. The Hall–Kier alpha value is -2.17. The van der Waals surface area contributed by atoms with Gasteiger partial charge in [-0.05, 0) is 24.1 Å². The van der Waals surface area contributed by atoms with Gasteiger partial charge in [-0.25, -0.2) is 4.79 Å². The number of anilines is 1. The molecule has 1 aromatic carbocycles. The largest absolute Gasteiger partial charge is 0.478 e. The van der Waals surface area contributed by atoms with Crippen LogP contribution in [0.5, 0.6) is 0 Å². The lowest BCUT2D eigenvalue weighted by Gasteiger charge is -2.18. The highest BCUT2D eigenvalue weighted by molar-refractivity contribution is 6.52. The number of fused-ring (bicyclic) bond motifs is 1. The summed E-state index contributed by atoms with van der Waals surface area (Å²) in [5.41, 5.74) is 0.700. The number of amides is 1. The number of hydrogen-bond acceptors (Lipinski definition) is 3. The number of rotatable bonds is 3. The minimum Gasteiger partial charge on any atom is -0.478 e. The van der Waals surface area contributed by atoms with E-state index in [-0.39, 0.29) is 17.0 Å². The van der Waals surface area contributed by atoms with Crippen LogP contribution in [0.15, 0.2) is 18.2 Å². The third kappa shape index (κ3) is 1.88. The zero-order chi connectivity index (χ0) is 13.4. The Morgan fingerprint density at radius 3 is 2.56 bits per heavy atom. The molecular formula is C13H13NO4. The van der Waals surface area contributed by atoms with Gasteiger partial charge in [0.2, 0.25) is 0 Å². The average Bonchev–Trinajstić information content (AvgIpc) is 2.54. The Labute approximate surface area is 104 Å². The molecule has 1 aromatic rings. The predicted molar refractivity (Wildman–Crippen MR) is 64.9 cm³/mol. The normalized spacial score (nSPS) is 14.3. The molecule has 1 heterocycles. The quantitative estimate of drug-likeness (QED) is 0.823. The Morgan fingerprint density at radius 2 is 2.00 bits per heavy atom. The van der Waals surface area contributed by atoms with Gasteiger partial charge in [-0.1, -0.05) is 13.8 Å². The average molecular weight is 247 g/mol. The molecule has 1 aliphatic rings. The maximum absolute atomic E-state index is 11.8. The van der Waals surface area contributed by atoms with Crippen LogP contribution < -0.4 is 4.90 Å². The SMILES string of the molecule is CC(C)CN1C(=O)C(=O)c2cc(C(=O)O)ccc21. The molecule has 0 saturated carbocycles. The summed E-state index contributed by atoms with van der Waals surface area (Å²) in [5.74, 6) is -2.10. The van der Waals surface area contributed by atoms with Crippen LogP contribution in [0.2, 0.25) is 0 Å². The molecule has 0 spiro atoms. The van der Waals surface area contributed by atoms with Crippen molar-refractivity contribution in [1.82, 2.24) is 0 Å². The molecule has 0 saturated heterocycles. The molecular weight excluding hydrogens is 234 g/mol. The van der Waals surface area contributed by atoms with Crippen molar-refractivity contribution in [2.24, 2.45) is 5.92 Å². The molecule has 5 heteroatoms. The summed E-state index contributed by atoms with van der Waals surface area (Å²) in [7, 11) is 0. The molecule has 1 aliphatic heterocycles. The van der Waals surface area contributed by atoms with Crippen molar-refractivity contribution in [2.45, 2.75) is 13.8 Å². The molecule has 5 nitrogen and oxygen atoms in total. The Balaban J connectivity index is 2.47. The van der Waals surface area contributed by atoms with E-state index in [1.807, 2.05) is 13.8 Å². The molecule has 94 valence electrons. The molecule has 2 rings (SSSR count). The first-order valence-electron chi connectivity index (χ1n) is 5.65. The van der Waals surface area contributed by atoms with Gasteiger partial charge in [0.15, 0.2) is 0 Å².